The van der Waals surface area contributed by atoms with E-state index in [0.717, 1.165) is 43.5 Å². The normalized spacial score (nSPS) is 15.6. The SMILES string of the molecule is CN(C)c1ccccc1N(C)Cc1noc(C2CCOCC2)n1. The fourth-order valence-corrected chi connectivity index (χ4v) is 2.90. The van der Waals surface area contributed by atoms with Crippen LogP contribution in [-0.4, -0.2) is 44.5 Å². The maximum atomic E-state index is 5.46. The molecule has 0 radical (unpaired) electrons. The first-order chi connectivity index (χ1) is 11.1. The lowest BCUT2D eigenvalue weighted by Crippen LogP contribution is -2.21. The first-order valence-corrected chi connectivity index (χ1v) is 8.03. The molecule has 1 aliphatic rings. The highest BCUT2D eigenvalue weighted by molar-refractivity contribution is 5.70. The number of benzene rings is 1. The highest BCUT2D eigenvalue weighted by Gasteiger charge is 2.22. The number of anilines is 2. The van der Waals surface area contributed by atoms with Crippen LogP contribution in [0.2, 0.25) is 0 Å². The Bertz CT molecular complexity index is 635. The summed E-state index contributed by atoms with van der Waals surface area (Å²) >= 11 is 0. The molecule has 0 amide bonds. The minimum atomic E-state index is 0.337. The molecule has 1 aromatic carbocycles. The average Bonchev–Trinajstić information content (AvgIpc) is 3.04. The van der Waals surface area contributed by atoms with E-state index < -0.39 is 0 Å². The van der Waals surface area contributed by atoms with Crippen LogP contribution in [0.4, 0.5) is 11.4 Å². The summed E-state index contributed by atoms with van der Waals surface area (Å²) in [6, 6.07) is 8.30. The van der Waals surface area contributed by atoms with Gasteiger partial charge in [0.2, 0.25) is 5.89 Å². The Hall–Kier alpha value is -2.08. The van der Waals surface area contributed by atoms with Gasteiger partial charge in [-0.15, -0.1) is 0 Å². The van der Waals surface area contributed by atoms with Crippen molar-refractivity contribution in [1.82, 2.24) is 10.1 Å². The number of rotatable bonds is 5. The van der Waals surface area contributed by atoms with Crippen molar-refractivity contribution in [2.75, 3.05) is 44.2 Å². The molecule has 2 heterocycles. The van der Waals surface area contributed by atoms with E-state index in [0.29, 0.717) is 12.5 Å². The summed E-state index contributed by atoms with van der Waals surface area (Å²) in [5.41, 5.74) is 2.32. The van der Waals surface area contributed by atoms with Crippen molar-refractivity contribution in [2.24, 2.45) is 0 Å². The van der Waals surface area contributed by atoms with E-state index >= 15 is 0 Å². The number of ether oxygens (including phenoxy) is 1. The molecule has 1 fully saturated rings. The van der Waals surface area contributed by atoms with Crippen LogP contribution in [0, 0.1) is 0 Å². The predicted octanol–water partition coefficient (Wildman–Crippen LogP) is 2.67. The molecule has 3 rings (SSSR count). The zero-order valence-corrected chi connectivity index (χ0v) is 14.0. The Labute approximate surface area is 137 Å². The van der Waals surface area contributed by atoms with E-state index in [2.05, 4.69) is 32.1 Å². The molecule has 124 valence electrons. The van der Waals surface area contributed by atoms with Crippen LogP contribution >= 0.6 is 0 Å². The van der Waals surface area contributed by atoms with E-state index in [9.17, 15) is 0 Å². The van der Waals surface area contributed by atoms with Crippen molar-refractivity contribution >= 4 is 11.4 Å². The van der Waals surface area contributed by atoms with Gasteiger partial charge in [-0.2, -0.15) is 4.98 Å². The second-order valence-corrected chi connectivity index (χ2v) is 6.17. The third-order valence-corrected chi connectivity index (χ3v) is 4.21. The summed E-state index contributed by atoms with van der Waals surface area (Å²) in [7, 11) is 6.14. The molecule has 6 heteroatoms. The van der Waals surface area contributed by atoms with Gasteiger partial charge < -0.3 is 19.1 Å². The molecule has 0 N–H and O–H groups in total. The molecule has 1 aliphatic heterocycles. The first-order valence-electron chi connectivity index (χ1n) is 8.03. The zero-order chi connectivity index (χ0) is 16.2. The van der Waals surface area contributed by atoms with Gasteiger partial charge in [0, 0.05) is 40.3 Å². The molecule has 0 bridgehead atoms. The van der Waals surface area contributed by atoms with Crippen LogP contribution in [0.15, 0.2) is 28.8 Å². The Balaban J connectivity index is 1.71. The van der Waals surface area contributed by atoms with E-state index in [-0.39, 0.29) is 0 Å². The lowest BCUT2D eigenvalue weighted by molar-refractivity contribution is 0.0778. The minimum absolute atomic E-state index is 0.337. The summed E-state index contributed by atoms with van der Waals surface area (Å²) in [6.07, 6.45) is 1.92. The monoisotopic (exact) mass is 316 g/mol. The van der Waals surface area contributed by atoms with Crippen LogP contribution in [0.3, 0.4) is 0 Å². The number of aromatic nitrogens is 2. The Kier molecular flexibility index (Phi) is 4.81. The first kappa shape index (κ1) is 15.8. The molecule has 6 nitrogen and oxygen atoms in total. The van der Waals surface area contributed by atoms with Crippen LogP contribution < -0.4 is 9.80 Å². The second-order valence-electron chi connectivity index (χ2n) is 6.17. The highest BCUT2D eigenvalue weighted by atomic mass is 16.5. The average molecular weight is 316 g/mol. The van der Waals surface area contributed by atoms with Gasteiger partial charge in [0.15, 0.2) is 5.82 Å². The third-order valence-electron chi connectivity index (χ3n) is 4.21. The molecule has 23 heavy (non-hydrogen) atoms. The summed E-state index contributed by atoms with van der Waals surface area (Å²) in [5.74, 6) is 1.81. The molecule has 1 aromatic heterocycles. The number of para-hydroxylation sites is 2. The molecule has 0 unspecified atom stereocenters. The maximum absolute atomic E-state index is 5.46. The van der Waals surface area contributed by atoms with Gasteiger partial charge >= 0.3 is 0 Å². The molecule has 0 aliphatic carbocycles. The van der Waals surface area contributed by atoms with Gasteiger partial charge in [0.1, 0.15) is 0 Å². The maximum Gasteiger partial charge on any atom is 0.229 e. The Morgan fingerprint density at radius 1 is 1.09 bits per heavy atom. The number of hydrogen-bond acceptors (Lipinski definition) is 6. The molecular formula is C17H24N4O2. The third kappa shape index (κ3) is 3.64. The van der Waals surface area contributed by atoms with Gasteiger partial charge in [-0.1, -0.05) is 17.3 Å². The molecule has 2 aromatic rings. The fraction of sp³-hybridized carbons (Fsp3) is 0.529. The standard InChI is InChI=1S/C17H24N4O2/c1-20(2)14-6-4-5-7-15(14)21(3)12-16-18-17(23-19-16)13-8-10-22-11-9-13/h4-7,13H,8-12H2,1-3H3. The lowest BCUT2D eigenvalue weighted by atomic mass is 10.0. The summed E-state index contributed by atoms with van der Waals surface area (Å²) in [6.45, 7) is 2.18. The van der Waals surface area contributed by atoms with E-state index in [4.69, 9.17) is 9.26 Å². The van der Waals surface area contributed by atoms with Crippen molar-refractivity contribution in [3.8, 4) is 0 Å². The quantitative estimate of drug-likeness (QED) is 0.845. The largest absolute Gasteiger partial charge is 0.381 e. The molecule has 1 saturated heterocycles. The fourth-order valence-electron chi connectivity index (χ4n) is 2.90. The lowest BCUT2D eigenvalue weighted by Gasteiger charge is -2.24. The van der Waals surface area contributed by atoms with Crippen LogP contribution in [0.1, 0.15) is 30.5 Å². The molecule has 0 atom stereocenters. The summed E-state index contributed by atoms with van der Waals surface area (Å²) in [4.78, 5) is 8.84. The van der Waals surface area contributed by atoms with E-state index in [1.165, 1.54) is 5.69 Å². The predicted molar refractivity (Wildman–Crippen MR) is 90.0 cm³/mol. The van der Waals surface area contributed by atoms with Crippen LogP contribution in [-0.2, 0) is 11.3 Å². The topological polar surface area (TPSA) is 54.6 Å². The summed E-state index contributed by atoms with van der Waals surface area (Å²) < 4.78 is 10.8. The van der Waals surface area contributed by atoms with E-state index in [1.54, 1.807) is 0 Å². The van der Waals surface area contributed by atoms with Gasteiger partial charge in [0.05, 0.1) is 17.9 Å². The number of hydrogen-bond donors (Lipinski definition) is 0. The van der Waals surface area contributed by atoms with Gasteiger partial charge in [-0.25, -0.2) is 0 Å². The minimum Gasteiger partial charge on any atom is -0.381 e. The second kappa shape index (κ2) is 7.00. The van der Waals surface area contributed by atoms with Crippen molar-refractivity contribution in [3.63, 3.8) is 0 Å². The molecule has 0 spiro atoms. The van der Waals surface area contributed by atoms with Crippen molar-refractivity contribution < 1.29 is 9.26 Å². The number of nitrogens with zero attached hydrogens (tertiary/aromatic N) is 4. The molecule has 0 saturated carbocycles. The van der Waals surface area contributed by atoms with Gasteiger partial charge in [-0.05, 0) is 25.0 Å². The zero-order valence-electron chi connectivity index (χ0n) is 14.0. The van der Waals surface area contributed by atoms with Gasteiger partial charge in [-0.3, -0.25) is 0 Å². The van der Waals surface area contributed by atoms with Crippen LogP contribution in [0.25, 0.3) is 0 Å². The van der Waals surface area contributed by atoms with Crippen molar-refractivity contribution in [2.45, 2.75) is 25.3 Å². The molecular weight excluding hydrogens is 292 g/mol. The Morgan fingerprint density at radius 3 is 2.48 bits per heavy atom. The van der Waals surface area contributed by atoms with Crippen molar-refractivity contribution in [3.05, 3.63) is 36.0 Å². The highest BCUT2D eigenvalue weighted by Crippen LogP contribution is 2.28. The van der Waals surface area contributed by atoms with Crippen molar-refractivity contribution in [1.29, 1.82) is 0 Å². The summed E-state index contributed by atoms with van der Waals surface area (Å²) in [5, 5.41) is 4.15. The Morgan fingerprint density at radius 2 is 1.78 bits per heavy atom. The van der Waals surface area contributed by atoms with Gasteiger partial charge in [0.25, 0.3) is 0 Å². The smallest absolute Gasteiger partial charge is 0.229 e. The van der Waals surface area contributed by atoms with E-state index in [1.807, 2.05) is 33.3 Å². The van der Waals surface area contributed by atoms with Crippen LogP contribution in [0.5, 0.6) is 0 Å².